The molecule has 0 saturated carbocycles. The highest BCUT2D eigenvalue weighted by Gasteiger charge is 2.23. The van der Waals surface area contributed by atoms with E-state index < -0.39 is 10.0 Å². The number of carbonyl (C=O) groups excluding carboxylic acids is 1. The van der Waals surface area contributed by atoms with Crippen LogP contribution in [0.3, 0.4) is 0 Å². The Labute approximate surface area is 207 Å². The molecule has 178 valence electrons. The summed E-state index contributed by atoms with van der Waals surface area (Å²) in [5.41, 5.74) is 4.11. The van der Waals surface area contributed by atoms with Crippen molar-refractivity contribution in [3.63, 3.8) is 0 Å². The molecular weight excluding hydrogens is 476 g/mol. The minimum Gasteiger partial charge on any atom is -0.312 e. The van der Waals surface area contributed by atoms with Gasteiger partial charge in [0.15, 0.2) is 5.65 Å². The molecule has 1 aliphatic heterocycles. The smallest absolute Gasteiger partial charge is 0.284 e. The molecule has 2 aromatic carbocycles. The standard InChI is InChI=1S/C26H20N6O3S/c33-24-7-4-12-31(24)21-10-8-18(9-11-21)19-13-20(15-27-14-19)25-23-16-30-32(26(23)29-17-28-25)36(34,35)22-5-2-1-3-6-22/h1-3,5-6,8-11,13-17H,4,7,12H2. The average molecular weight is 497 g/mol. The predicted octanol–water partition coefficient (Wildman–Crippen LogP) is 3.92. The molecule has 0 aliphatic carbocycles. The molecular formula is C26H20N6O3S. The third kappa shape index (κ3) is 3.72. The molecule has 0 spiro atoms. The zero-order chi connectivity index (χ0) is 24.7. The lowest BCUT2D eigenvalue weighted by Gasteiger charge is -2.16. The maximum Gasteiger partial charge on any atom is 0.284 e. The van der Waals surface area contributed by atoms with Gasteiger partial charge in [0.1, 0.15) is 6.33 Å². The Kier molecular flexibility index (Phi) is 5.30. The number of carbonyl (C=O) groups is 1. The summed E-state index contributed by atoms with van der Waals surface area (Å²) in [6.45, 7) is 0.743. The van der Waals surface area contributed by atoms with E-state index in [0.717, 1.165) is 33.9 Å². The van der Waals surface area contributed by atoms with Crippen LogP contribution in [0.25, 0.3) is 33.4 Å². The number of nitrogens with zero attached hydrogens (tertiary/aromatic N) is 6. The van der Waals surface area contributed by atoms with E-state index in [9.17, 15) is 13.2 Å². The van der Waals surface area contributed by atoms with Crippen molar-refractivity contribution in [3.8, 4) is 22.4 Å². The highest BCUT2D eigenvalue weighted by molar-refractivity contribution is 7.90. The Bertz CT molecular complexity index is 1700. The lowest BCUT2D eigenvalue weighted by atomic mass is 10.0. The van der Waals surface area contributed by atoms with Gasteiger partial charge in [0, 0.05) is 42.2 Å². The lowest BCUT2D eigenvalue weighted by Crippen LogP contribution is -2.23. The number of hydrogen-bond donors (Lipinski definition) is 0. The van der Waals surface area contributed by atoms with Crippen molar-refractivity contribution < 1.29 is 13.2 Å². The van der Waals surface area contributed by atoms with Crippen molar-refractivity contribution >= 4 is 32.7 Å². The molecule has 36 heavy (non-hydrogen) atoms. The van der Waals surface area contributed by atoms with Crippen LogP contribution in [0.15, 0.2) is 90.5 Å². The Morgan fingerprint density at radius 3 is 2.36 bits per heavy atom. The van der Waals surface area contributed by atoms with Gasteiger partial charge in [-0.2, -0.15) is 13.5 Å². The van der Waals surface area contributed by atoms with E-state index in [4.69, 9.17) is 0 Å². The van der Waals surface area contributed by atoms with Crippen LogP contribution >= 0.6 is 0 Å². The van der Waals surface area contributed by atoms with Gasteiger partial charge in [-0.3, -0.25) is 9.78 Å². The summed E-state index contributed by atoms with van der Waals surface area (Å²) in [6.07, 6.45) is 7.67. The second kappa shape index (κ2) is 8.65. The van der Waals surface area contributed by atoms with E-state index in [-0.39, 0.29) is 16.4 Å². The molecule has 3 aromatic heterocycles. The van der Waals surface area contributed by atoms with Crippen molar-refractivity contribution in [2.24, 2.45) is 0 Å². The molecule has 6 rings (SSSR count). The van der Waals surface area contributed by atoms with E-state index in [2.05, 4.69) is 20.1 Å². The fourth-order valence-corrected chi connectivity index (χ4v) is 5.65. The van der Waals surface area contributed by atoms with Crippen LogP contribution in [0, 0.1) is 0 Å². The summed E-state index contributed by atoms with van der Waals surface area (Å²) >= 11 is 0. The Morgan fingerprint density at radius 1 is 0.833 bits per heavy atom. The number of pyridine rings is 1. The normalized spacial score (nSPS) is 14.0. The first-order valence-electron chi connectivity index (χ1n) is 11.4. The van der Waals surface area contributed by atoms with Gasteiger partial charge in [0.2, 0.25) is 5.91 Å². The molecule has 0 unspecified atom stereocenters. The summed E-state index contributed by atoms with van der Waals surface area (Å²) in [4.78, 5) is 27.0. The zero-order valence-corrected chi connectivity index (χ0v) is 19.8. The van der Waals surface area contributed by atoms with Gasteiger partial charge in [-0.05, 0) is 42.3 Å². The van der Waals surface area contributed by atoms with E-state index in [1.807, 2.05) is 30.3 Å². The third-order valence-electron chi connectivity index (χ3n) is 6.20. The van der Waals surface area contributed by atoms with Crippen molar-refractivity contribution in [1.82, 2.24) is 24.1 Å². The molecule has 10 heteroatoms. The lowest BCUT2D eigenvalue weighted by molar-refractivity contribution is -0.117. The second-order valence-corrected chi connectivity index (χ2v) is 10.2. The fraction of sp³-hybridized carbons (Fsp3) is 0.115. The van der Waals surface area contributed by atoms with Crippen molar-refractivity contribution in [3.05, 3.63) is 85.6 Å². The first kappa shape index (κ1) is 22.1. The number of amides is 1. The van der Waals surface area contributed by atoms with Gasteiger partial charge in [-0.15, -0.1) is 4.09 Å². The van der Waals surface area contributed by atoms with Gasteiger partial charge in [-0.25, -0.2) is 9.97 Å². The molecule has 1 fully saturated rings. The maximum absolute atomic E-state index is 13.1. The summed E-state index contributed by atoms with van der Waals surface area (Å²) in [6, 6.07) is 17.8. The van der Waals surface area contributed by atoms with E-state index in [1.54, 1.807) is 35.5 Å². The Balaban J connectivity index is 1.37. The summed E-state index contributed by atoms with van der Waals surface area (Å²) in [7, 11) is -3.92. The number of anilines is 1. The van der Waals surface area contributed by atoms with Crippen molar-refractivity contribution in [2.45, 2.75) is 17.7 Å². The largest absolute Gasteiger partial charge is 0.312 e. The highest BCUT2D eigenvalue weighted by atomic mass is 32.2. The van der Waals surface area contributed by atoms with Crippen LogP contribution in [0.5, 0.6) is 0 Å². The van der Waals surface area contributed by atoms with Gasteiger partial charge in [-0.1, -0.05) is 30.3 Å². The number of aromatic nitrogens is 5. The molecule has 9 nitrogen and oxygen atoms in total. The van der Waals surface area contributed by atoms with Gasteiger partial charge in [0.05, 0.1) is 22.2 Å². The summed E-state index contributed by atoms with van der Waals surface area (Å²) in [5, 5.41) is 4.64. The fourth-order valence-electron chi connectivity index (χ4n) is 4.40. The van der Waals surface area contributed by atoms with Crippen LogP contribution in [-0.2, 0) is 14.8 Å². The first-order chi connectivity index (χ1) is 17.5. The summed E-state index contributed by atoms with van der Waals surface area (Å²) < 4.78 is 27.2. The van der Waals surface area contributed by atoms with Gasteiger partial charge in [0.25, 0.3) is 10.0 Å². The van der Waals surface area contributed by atoms with Crippen molar-refractivity contribution in [1.29, 1.82) is 0 Å². The first-order valence-corrected chi connectivity index (χ1v) is 12.8. The predicted molar refractivity (Wildman–Crippen MR) is 135 cm³/mol. The van der Waals surface area contributed by atoms with Crippen molar-refractivity contribution in [2.75, 3.05) is 11.4 Å². The zero-order valence-electron chi connectivity index (χ0n) is 19.0. The topological polar surface area (TPSA) is 111 Å². The molecule has 1 saturated heterocycles. The monoisotopic (exact) mass is 496 g/mol. The molecule has 0 atom stereocenters. The van der Waals surface area contributed by atoms with E-state index in [0.29, 0.717) is 23.1 Å². The third-order valence-corrected chi connectivity index (χ3v) is 7.79. The SMILES string of the molecule is O=C1CCCN1c1ccc(-c2cncc(-c3ncnc4c3cnn4S(=O)(=O)c3ccccc3)c2)cc1. The molecule has 0 N–H and O–H groups in total. The average Bonchev–Trinajstić information content (AvgIpc) is 3.56. The van der Waals surface area contributed by atoms with Crippen LogP contribution in [0.1, 0.15) is 12.8 Å². The minimum absolute atomic E-state index is 0.123. The molecule has 4 heterocycles. The molecule has 0 bridgehead atoms. The second-order valence-electron chi connectivity index (χ2n) is 8.42. The van der Waals surface area contributed by atoms with E-state index >= 15 is 0 Å². The van der Waals surface area contributed by atoms with E-state index in [1.165, 1.54) is 24.7 Å². The Morgan fingerprint density at radius 2 is 1.61 bits per heavy atom. The van der Waals surface area contributed by atoms with Crippen LogP contribution < -0.4 is 4.90 Å². The van der Waals surface area contributed by atoms with Crippen LogP contribution in [0.4, 0.5) is 5.69 Å². The van der Waals surface area contributed by atoms with Crippen LogP contribution in [0.2, 0.25) is 0 Å². The number of hydrogen-bond acceptors (Lipinski definition) is 7. The van der Waals surface area contributed by atoms with Crippen LogP contribution in [-0.4, -0.2) is 45.0 Å². The molecule has 1 amide bonds. The molecule has 0 radical (unpaired) electrons. The minimum atomic E-state index is -3.92. The number of fused-ring (bicyclic) bond motifs is 1. The van der Waals surface area contributed by atoms with Gasteiger partial charge >= 0.3 is 0 Å². The van der Waals surface area contributed by atoms with Gasteiger partial charge < -0.3 is 4.90 Å². The highest BCUT2D eigenvalue weighted by Crippen LogP contribution is 2.31. The number of benzene rings is 2. The number of rotatable bonds is 5. The summed E-state index contributed by atoms with van der Waals surface area (Å²) in [5.74, 6) is 0.147. The maximum atomic E-state index is 13.1. The Hall–Kier alpha value is -4.44. The molecule has 5 aromatic rings. The quantitative estimate of drug-likeness (QED) is 0.363. The molecule has 1 aliphatic rings.